The summed E-state index contributed by atoms with van der Waals surface area (Å²) in [5.74, 6) is 2.58. The molecular formula is C18H26N4O. The van der Waals surface area contributed by atoms with Crippen LogP contribution in [0.5, 0.6) is 5.75 Å². The normalized spacial score (nSPS) is 10.4. The van der Waals surface area contributed by atoms with E-state index in [-0.39, 0.29) is 0 Å². The van der Waals surface area contributed by atoms with Gasteiger partial charge in [0.25, 0.3) is 0 Å². The van der Waals surface area contributed by atoms with Crippen molar-refractivity contribution in [3.63, 3.8) is 0 Å². The average Bonchev–Trinajstić information content (AvgIpc) is 2.56. The van der Waals surface area contributed by atoms with E-state index in [9.17, 15) is 0 Å². The number of methoxy groups -OCH3 is 1. The summed E-state index contributed by atoms with van der Waals surface area (Å²) in [6.45, 7) is 8.84. The van der Waals surface area contributed by atoms with E-state index >= 15 is 0 Å². The van der Waals surface area contributed by atoms with Crippen molar-refractivity contribution >= 4 is 11.8 Å². The summed E-state index contributed by atoms with van der Waals surface area (Å²) in [5, 5.41) is 3.40. The van der Waals surface area contributed by atoms with Gasteiger partial charge in [-0.05, 0) is 38.8 Å². The van der Waals surface area contributed by atoms with Crippen LogP contribution >= 0.6 is 0 Å². The Morgan fingerprint density at radius 1 is 1.13 bits per heavy atom. The smallest absolute Gasteiger partial charge is 0.227 e. The molecule has 0 saturated carbocycles. The summed E-state index contributed by atoms with van der Waals surface area (Å²) in [5.41, 5.74) is 2.17. The van der Waals surface area contributed by atoms with E-state index in [2.05, 4.69) is 40.1 Å². The van der Waals surface area contributed by atoms with Crippen LogP contribution in [0.4, 0.5) is 11.8 Å². The Morgan fingerprint density at radius 2 is 1.87 bits per heavy atom. The summed E-state index contributed by atoms with van der Waals surface area (Å²) in [6.07, 6.45) is 0.883. The molecule has 0 aliphatic carbocycles. The maximum atomic E-state index is 5.39. The van der Waals surface area contributed by atoms with Gasteiger partial charge in [-0.2, -0.15) is 4.98 Å². The van der Waals surface area contributed by atoms with Crippen molar-refractivity contribution in [1.82, 2.24) is 9.97 Å². The maximum absolute atomic E-state index is 5.39. The van der Waals surface area contributed by atoms with Crippen molar-refractivity contribution < 1.29 is 4.74 Å². The third kappa shape index (κ3) is 4.58. The van der Waals surface area contributed by atoms with Gasteiger partial charge in [-0.1, -0.05) is 18.2 Å². The molecule has 0 bridgehead atoms. The van der Waals surface area contributed by atoms with E-state index in [1.165, 1.54) is 5.56 Å². The fourth-order valence-electron chi connectivity index (χ4n) is 2.53. The number of aromatic nitrogens is 2. The molecule has 5 nitrogen and oxygen atoms in total. The van der Waals surface area contributed by atoms with Crippen molar-refractivity contribution in [2.75, 3.05) is 37.0 Å². The quantitative estimate of drug-likeness (QED) is 0.810. The van der Waals surface area contributed by atoms with Crippen molar-refractivity contribution in [2.45, 2.75) is 27.2 Å². The van der Waals surface area contributed by atoms with Crippen LogP contribution in [0.3, 0.4) is 0 Å². The van der Waals surface area contributed by atoms with Crippen LogP contribution in [0.25, 0.3) is 0 Å². The molecular weight excluding hydrogens is 288 g/mol. The van der Waals surface area contributed by atoms with Crippen LogP contribution in [0, 0.1) is 6.92 Å². The minimum absolute atomic E-state index is 0.787. The lowest BCUT2D eigenvalue weighted by atomic mass is 10.1. The SMILES string of the molecule is CCN(CC)c1nc(C)cc(NCCc2ccccc2OC)n1. The van der Waals surface area contributed by atoms with E-state index in [1.54, 1.807) is 7.11 Å². The van der Waals surface area contributed by atoms with Gasteiger partial charge in [0.15, 0.2) is 0 Å². The van der Waals surface area contributed by atoms with Gasteiger partial charge >= 0.3 is 0 Å². The zero-order valence-electron chi connectivity index (χ0n) is 14.5. The summed E-state index contributed by atoms with van der Waals surface area (Å²) >= 11 is 0. The van der Waals surface area contributed by atoms with E-state index in [0.29, 0.717) is 0 Å². The average molecular weight is 314 g/mol. The Labute approximate surface area is 138 Å². The summed E-state index contributed by atoms with van der Waals surface area (Å²) in [6, 6.07) is 10.1. The Kier molecular flexibility index (Phi) is 6.20. The highest BCUT2D eigenvalue weighted by Crippen LogP contribution is 2.18. The molecule has 0 saturated heterocycles. The monoisotopic (exact) mass is 314 g/mol. The highest BCUT2D eigenvalue weighted by molar-refractivity contribution is 5.44. The first-order valence-electron chi connectivity index (χ1n) is 8.14. The second-order valence-electron chi connectivity index (χ2n) is 5.36. The first-order valence-corrected chi connectivity index (χ1v) is 8.14. The van der Waals surface area contributed by atoms with Crippen LogP contribution < -0.4 is 15.0 Å². The van der Waals surface area contributed by atoms with E-state index in [4.69, 9.17) is 4.74 Å². The van der Waals surface area contributed by atoms with Crippen LogP contribution in [-0.2, 0) is 6.42 Å². The zero-order valence-corrected chi connectivity index (χ0v) is 14.5. The molecule has 124 valence electrons. The Hall–Kier alpha value is -2.30. The molecule has 1 aromatic heterocycles. The van der Waals surface area contributed by atoms with Gasteiger partial charge in [0.05, 0.1) is 7.11 Å². The number of ether oxygens (including phenoxy) is 1. The van der Waals surface area contributed by atoms with Crippen LogP contribution in [0.1, 0.15) is 25.1 Å². The third-order valence-electron chi connectivity index (χ3n) is 3.78. The van der Waals surface area contributed by atoms with Crippen molar-refractivity contribution in [1.29, 1.82) is 0 Å². The van der Waals surface area contributed by atoms with Crippen molar-refractivity contribution in [3.05, 3.63) is 41.6 Å². The number of para-hydroxylation sites is 1. The molecule has 0 spiro atoms. The molecule has 23 heavy (non-hydrogen) atoms. The molecule has 2 rings (SSSR count). The second-order valence-corrected chi connectivity index (χ2v) is 5.36. The van der Waals surface area contributed by atoms with Gasteiger partial charge in [0, 0.05) is 31.4 Å². The Morgan fingerprint density at radius 3 is 2.57 bits per heavy atom. The maximum Gasteiger partial charge on any atom is 0.227 e. The predicted octanol–water partition coefficient (Wildman–Crippen LogP) is 3.29. The number of aryl methyl sites for hydroxylation is 1. The number of hydrogen-bond donors (Lipinski definition) is 1. The van der Waals surface area contributed by atoms with E-state index in [0.717, 1.165) is 49.3 Å². The molecule has 0 radical (unpaired) electrons. The Balaban J connectivity index is 2.03. The van der Waals surface area contributed by atoms with E-state index in [1.807, 2.05) is 31.2 Å². The second kappa shape index (κ2) is 8.36. The van der Waals surface area contributed by atoms with Gasteiger partial charge in [-0.3, -0.25) is 0 Å². The third-order valence-corrected chi connectivity index (χ3v) is 3.78. The number of rotatable bonds is 8. The molecule has 0 atom stereocenters. The molecule has 0 fully saturated rings. The summed E-state index contributed by atoms with van der Waals surface area (Å²) in [7, 11) is 1.70. The first kappa shape index (κ1) is 17.1. The molecule has 0 amide bonds. The molecule has 1 N–H and O–H groups in total. The fraction of sp³-hybridized carbons (Fsp3) is 0.444. The molecule has 0 unspecified atom stereocenters. The minimum atomic E-state index is 0.787. The summed E-state index contributed by atoms with van der Waals surface area (Å²) < 4.78 is 5.39. The van der Waals surface area contributed by atoms with E-state index < -0.39 is 0 Å². The highest BCUT2D eigenvalue weighted by atomic mass is 16.5. The van der Waals surface area contributed by atoms with Gasteiger partial charge in [-0.25, -0.2) is 4.98 Å². The largest absolute Gasteiger partial charge is 0.496 e. The summed E-state index contributed by atoms with van der Waals surface area (Å²) in [4.78, 5) is 11.3. The van der Waals surface area contributed by atoms with Gasteiger partial charge in [0.1, 0.15) is 11.6 Å². The predicted molar refractivity (Wildman–Crippen MR) is 95.5 cm³/mol. The lowest BCUT2D eigenvalue weighted by Gasteiger charge is -2.19. The lowest BCUT2D eigenvalue weighted by molar-refractivity contribution is 0.410. The molecule has 0 aliphatic heterocycles. The van der Waals surface area contributed by atoms with Crippen molar-refractivity contribution in [2.24, 2.45) is 0 Å². The number of nitrogens with one attached hydrogen (secondary N) is 1. The molecule has 1 aromatic carbocycles. The lowest BCUT2D eigenvalue weighted by Crippen LogP contribution is -2.25. The molecule has 5 heteroatoms. The van der Waals surface area contributed by atoms with Crippen LogP contribution in [0.15, 0.2) is 30.3 Å². The van der Waals surface area contributed by atoms with Gasteiger partial charge < -0.3 is 15.0 Å². The van der Waals surface area contributed by atoms with Gasteiger partial charge in [0.2, 0.25) is 5.95 Å². The first-order chi connectivity index (χ1) is 11.2. The standard InChI is InChI=1S/C18H26N4O/c1-5-22(6-2)18-20-14(3)13-17(21-18)19-12-11-15-9-7-8-10-16(15)23-4/h7-10,13H,5-6,11-12H2,1-4H3,(H,19,20,21). The number of hydrogen-bond acceptors (Lipinski definition) is 5. The molecule has 0 aliphatic rings. The number of nitrogens with zero attached hydrogens (tertiary/aromatic N) is 3. The fourth-order valence-corrected chi connectivity index (χ4v) is 2.53. The van der Waals surface area contributed by atoms with Gasteiger partial charge in [-0.15, -0.1) is 0 Å². The van der Waals surface area contributed by atoms with Crippen molar-refractivity contribution in [3.8, 4) is 5.75 Å². The Bertz CT molecular complexity index is 626. The topological polar surface area (TPSA) is 50.3 Å². The molecule has 2 aromatic rings. The van der Waals surface area contributed by atoms with Crippen LogP contribution in [-0.4, -0.2) is 36.7 Å². The highest BCUT2D eigenvalue weighted by Gasteiger charge is 2.08. The number of benzene rings is 1. The number of anilines is 2. The molecule has 1 heterocycles. The minimum Gasteiger partial charge on any atom is -0.496 e. The van der Waals surface area contributed by atoms with Crippen LogP contribution in [0.2, 0.25) is 0 Å². The zero-order chi connectivity index (χ0) is 16.7.